The molecule has 2 fully saturated rings. The highest BCUT2D eigenvalue weighted by Gasteiger charge is 2.51. The second-order valence-electron chi connectivity index (χ2n) is 4.39. The SMILES string of the molecule is NS(=O)(=O)NC1C2CCC(C2)C1C(=O)O. The molecule has 0 heterocycles. The van der Waals surface area contributed by atoms with Crippen molar-refractivity contribution in [2.75, 3.05) is 0 Å². The van der Waals surface area contributed by atoms with Crippen LogP contribution in [0.1, 0.15) is 19.3 Å². The predicted octanol–water partition coefficient (Wildman–Crippen LogP) is -0.721. The van der Waals surface area contributed by atoms with Crippen molar-refractivity contribution in [3.05, 3.63) is 0 Å². The van der Waals surface area contributed by atoms with Gasteiger partial charge in [0, 0.05) is 6.04 Å². The fraction of sp³-hybridized carbons (Fsp3) is 0.875. The molecule has 0 spiro atoms. The molecule has 86 valence electrons. The standard InChI is InChI=1S/C8H14N2O4S/c9-15(13,14)10-7-5-2-1-4(3-5)6(7)8(11)12/h4-7,10H,1-3H2,(H,11,12)(H2,9,13,14). The Hall–Kier alpha value is -0.660. The molecule has 2 aliphatic carbocycles. The lowest BCUT2D eigenvalue weighted by Gasteiger charge is -2.27. The van der Waals surface area contributed by atoms with Crippen molar-refractivity contribution in [2.24, 2.45) is 22.9 Å². The van der Waals surface area contributed by atoms with E-state index in [1.807, 2.05) is 0 Å². The van der Waals surface area contributed by atoms with Crippen molar-refractivity contribution >= 4 is 16.2 Å². The quantitative estimate of drug-likeness (QED) is 0.598. The topological polar surface area (TPSA) is 109 Å². The minimum Gasteiger partial charge on any atom is -0.481 e. The first-order valence-corrected chi connectivity index (χ1v) is 6.46. The second-order valence-corrected chi connectivity index (χ2v) is 5.71. The van der Waals surface area contributed by atoms with E-state index in [1.165, 1.54) is 0 Å². The third-order valence-corrected chi connectivity index (χ3v) is 4.10. The molecule has 4 N–H and O–H groups in total. The van der Waals surface area contributed by atoms with Crippen LogP contribution in [0.4, 0.5) is 0 Å². The zero-order valence-corrected chi connectivity index (χ0v) is 8.90. The summed E-state index contributed by atoms with van der Waals surface area (Å²) in [6, 6.07) is -0.517. The molecule has 4 unspecified atom stereocenters. The first kappa shape index (κ1) is 10.8. The van der Waals surface area contributed by atoms with Crippen molar-refractivity contribution in [3.63, 3.8) is 0 Å². The Morgan fingerprint density at radius 3 is 2.47 bits per heavy atom. The molecule has 4 atom stereocenters. The van der Waals surface area contributed by atoms with Crippen LogP contribution < -0.4 is 9.86 Å². The van der Waals surface area contributed by atoms with E-state index >= 15 is 0 Å². The Bertz CT molecular complexity index is 380. The van der Waals surface area contributed by atoms with E-state index in [-0.39, 0.29) is 11.8 Å². The van der Waals surface area contributed by atoms with Crippen LogP contribution >= 0.6 is 0 Å². The normalized spacial score (nSPS) is 39.5. The van der Waals surface area contributed by atoms with Gasteiger partial charge in [-0.25, -0.2) is 5.14 Å². The maximum Gasteiger partial charge on any atom is 0.308 e. The van der Waals surface area contributed by atoms with Gasteiger partial charge in [0.05, 0.1) is 5.92 Å². The number of carbonyl (C=O) groups is 1. The lowest BCUT2D eigenvalue weighted by atomic mass is 9.85. The fourth-order valence-electron chi connectivity index (χ4n) is 3.01. The van der Waals surface area contributed by atoms with E-state index in [9.17, 15) is 13.2 Å². The molecule has 0 saturated heterocycles. The van der Waals surface area contributed by atoms with E-state index in [4.69, 9.17) is 10.2 Å². The van der Waals surface area contributed by atoms with Crippen LogP contribution in [0.2, 0.25) is 0 Å². The van der Waals surface area contributed by atoms with Gasteiger partial charge in [-0.3, -0.25) is 4.79 Å². The van der Waals surface area contributed by atoms with E-state index in [0.29, 0.717) is 0 Å². The molecular formula is C8H14N2O4S. The van der Waals surface area contributed by atoms with Crippen LogP contribution in [0.5, 0.6) is 0 Å². The predicted molar refractivity (Wildman–Crippen MR) is 52.0 cm³/mol. The highest BCUT2D eigenvalue weighted by Crippen LogP contribution is 2.48. The van der Waals surface area contributed by atoms with Gasteiger partial charge in [-0.2, -0.15) is 13.1 Å². The molecule has 2 aliphatic rings. The number of fused-ring (bicyclic) bond motifs is 2. The minimum absolute atomic E-state index is 0.103. The Balaban J connectivity index is 2.19. The summed E-state index contributed by atoms with van der Waals surface area (Å²) in [6.45, 7) is 0. The molecule has 2 bridgehead atoms. The highest BCUT2D eigenvalue weighted by atomic mass is 32.2. The molecule has 2 saturated carbocycles. The zero-order valence-electron chi connectivity index (χ0n) is 8.09. The Morgan fingerprint density at radius 2 is 1.93 bits per heavy atom. The van der Waals surface area contributed by atoms with Crippen LogP contribution in [0, 0.1) is 17.8 Å². The second kappa shape index (κ2) is 3.43. The van der Waals surface area contributed by atoms with Gasteiger partial charge in [0.2, 0.25) is 0 Å². The number of aliphatic carboxylic acids is 1. The molecule has 0 amide bonds. The van der Waals surface area contributed by atoms with Crippen LogP contribution in [0.15, 0.2) is 0 Å². The third kappa shape index (κ3) is 1.99. The summed E-state index contributed by atoms with van der Waals surface area (Å²) in [5, 5.41) is 13.9. The van der Waals surface area contributed by atoms with Crippen molar-refractivity contribution in [3.8, 4) is 0 Å². The van der Waals surface area contributed by atoms with Gasteiger partial charge in [0.1, 0.15) is 0 Å². The van der Waals surface area contributed by atoms with E-state index < -0.39 is 28.1 Å². The maximum absolute atomic E-state index is 11.0. The molecule has 0 aromatic rings. The van der Waals surface area contributed by atoms with Crippen molar-refractivity contribution < 1.29 is 18.3 Å². The number of carboxylic acids is 1. The summed E-state index contributed by atoms with van der Waals surface area (Å²) in [4.78, 5) is 11.0. The number of nitrogens with two attached hydrogens (primary N) is 1. The molecular weight excluding hydrogens is 220 g/mol. The summed E-state index contributed by atoms with van der Waals surface area (Å²) in [6.07, 6.45) is 2.57. The molecule has 0 radical (unpaired) electrons. The summed E-state index contributed by atoms with van der Waals surface area (Å²) < 4.78 is 24.1. The van der Waals surface area contributed by atoms with Gasteiger partial charge < -0.3 is 5.11 Å². The number of nitrogens with one attached hydrogen (secondary N) is 1. The average Bonchev–Trinajstić information content (AvgIpc) is 2.59. The van der Waals surface area contributed by atoms with Gasteiger partial charge >= 0.3 is 5.97 Å². The molecule has 6 nitrogen and oxygen atoms in total. The van der Waals surface area contributed by atoms with Gasteiger partial charge in [-0.05, 0) is 31.1 Å². The molecule has 0 aromatic heterocycles. The van der Waals surface area contributed by atoms with Crippen molar-refractivity contribution in [1.82, 2.24) is 4.72 Å². The summed E-state index contributed by atoms with van der Waals surface area (Å²) >= 11 is 0. The molecule has 0 aromatic carbocycles. The van der Waals surface area contributed by atoms with Crippen LogP contribution in [0.25, 0.3) is 0 Å². The molecule has 7 heteroatoms. The van der Waals surface area contributed by atoms with Crippen molar-refractivity contribution in [2.45, 2.75) is 25.3 Å². The highest BCUT2D eigenvalue weighted by molar-refractivity contribution is 7.87. The first-order valence-electron chi connectivity index (χ1n) is 4.91. The fourth-order valence-corrected chi connectivity index (χ4v) is 3.72. The first-order chi connectivity index (χ1) is 6.88. The average molecular weight is 234 g/mol. The van der Waals surface area contributed by atoms with Gasteiger partial charge in [-0.15, -0.1) is 0 Å². The van der Waals surface area contributed by atoms with Crippen molar-refractivity contribution in [1.29, 1.82) is 0 Å². The third-order valence-electron chi connectivity index (χ3n) is 3.50. The lowest BCUT2D eigenvalue weighted by molar-refractivity contribution is -0.144. The minimum atomic E-state index is -3.81. The number of carboxylic acid groups (broad SMARTS) is 1. The smallest absolute Gasteiger partial charge is 0.308 e. The van der Waals surface area contributed by atoms with Gasteiger partial charge in [0.15, 0.2) is 0 Å². The molecule has 0 aliphatic heterocycles. The molecule has 15 heavy (non-hydrogen) atoms. The van der Waals surface area contributed by atoms with E-state index in [2.05, 4.69) is 4.72 Å². The summed E-state index contributed by atoms with van der Waals surface area (Å²) in [5.41, 5.74) is 0. The zero-order chi connectivity index (χ0) is 11.2. The van der Waals surface area contributed by atoms with Gasteiger partial charge in [-0.1, -0.05) is 0 Å². The monoisotopic (exact) mass is 234 g/mol. The Kier molecular flexibility index (Phi) is 2.48. The summed E-state index contributed by atoms with van der Waals surface area (Å²) in [7, 11) is -3.81. The number of rotatable bonds is 3. The Labute approximate surface area is 88.0 Å². The largest absolute Gasteiger partial charge is 0.481 e. The van der Waals surface area contributed by atoms with Crippen LogP contribution in [-0.2, 0) is 15.0 Å². The van der Waals surface area contributed by atoms with Crippen LogP contribution in [-0.4, -0.2) is 25.5 Å². The van der Waals surface area contributed by atoms with E-state index in [1.54, 1.807) is 0 Å². The molecule has 2 rings (SSSR count). The Morgan fingerprint density at radius 1 is 1.33 bits per heavy atom. The number of hydrogen-bond donors (Lipinski definition) is 3. The lowest BCUT2D eigenvalue weighted by Crippen LogP contribution is -2.48. The maximum atomic E-state index is 11.0. The van der Waals surface area contributed by atoms with Crippen LogP contribution in [0.3, 0.4) is 0 Å². The summed E-state index contributed by atoms with van der Waals surface area (Å²) in [5.74, 6) is -1.30. The van der Waals surface area contributed by atoms with Gasteiger partial charge in [0.25, 0.3) is 10.2 Å². The number of hydrogen-bond acceptors (Lipinski definition) is 3. The van der Waals surface area contributed by atoms with E-state index in [0.717, 1.165) is 19.3 Å².